The number of carbonyl (C=O) groups is 1. The minimum absolute atomic E-state index is 0.0289. The minimum Gasteiger partial charge on any atom is -0.381 e. The van der Waals surface area contributed by atoms with Crippen LogP contribution in [0, 0.1) is 5.41 Å². The second kappa shape index (κ2) is 4.72. The molecule has 0 aliphatic carbocycles. The summed E-state index contributed by atoms with van der Waals surface area (Å²) in [5.41, 5.74) is 6.02. The predicted octanol–water partition coefficient (Wildman–Crippen LogP) is 0.753. The van der Waals surface area contributed by atoms with Crippen molar-refractivity contribution in [2.24, 2.45) is 11.1 Å². The molecule has 2 saturated heterocycles. The van der Waals surface area contributed by atoms with E-state index in [2.05, 4.69) is 0 Å². The number of likely N-dealkylation sites (tertiary alicyclic amines) is 1. The van der Waals surface area contributed by atoms with Crippen LogP contribution < -0.4 is 5.73 Å². The van der Waals surface area contributed by atoms with Crippen molar-refractivity contribution < 1.29 is 9.53 Å². The summed E-state index contributed by atoms with van der Waals surface area (Å²) in [4.78, 5) is 13.9. The second-order valence-electron chi connectivity index (χ2n) is 5.36. The first kappa shape index (κ1) is 11.9. The summed E-state index contributed by atoms with van der Waals surface area (Å²) >= 11 is 0. The molecule has 1 amide bonds. The zero-order valence-electron chi connectivity index (χ0n) is 10.1. The standard InChI is InChI=1S/C12H22N2O2/c1-10(13)8-11(15)14-5-2-12(9-14)3-6-16-7-4-12/h10H,2-9,13H2,1H3. The van der Waals surface area contributed by atoms with Gasteiger partial charge in [-0.25, -0.2) is 0 Å². The number of nitrogens with two attached hydrogens (primary N) is 1. The predicted molar refractivity (Wildman–Crippen MR) is 61.9 cm³/mol. The van der Waals surface area contributed by atoms with Gasteiger partial charge in [-0.2, -0.15) is 0 Å². The van der Waals surface area contributed by atoms with Crippen LogP contribution in [0.15, 0.2) is 0 Å². The Morgan fingerprint density at radius 2 is 2.12 bits per heavy atom. The van der Waals surface area contributed by atoms with Crippen LogP contribution in [0.5, 0.6) is 0 Å². The van der Waals surface area contributed by atoms with Gasteiger partial charge < -0.3 is 15.4 Å². The van der Waals surface area contributed by atoms with Crippen molar-refractivity contribution in [3.8, 4) is 0 Å². The van der Waals surface area contributed by atoms with Gasteiger partial charge in [-0.1, -0.05) is 0 Å². The van der Waals surface area contributed by atoms with Gasteiger partial charge >= 0.3 is 0 Å². The maximum absolute atomic E-state index is 11.9. The lowest BCUT2D eigenvalue weighted by Gasteiger charge is -2.33. The molecule has 2 heterocycles. The lowest BCUT2D eigenvalue weighted by Crippen LogP contribution is -2.37. The van der Waals surface area contributed by atoms with Crippen LogP contribution in [-0.4, -0.2) is 43.2 Å². The maximum Gasteiger partial charge on any atom is 0.224 e. The quantitative estimate of drug-likeness (QED) is 0.756. The van der Waals surface area contributed by atoms with Crippen LogP contribution in [0.1, 0.15) is 32.6 Å². The van der Waals surface area contributed by atoms with Gasteiger partial charge in [0.05, 0.1) is 0 Å². The molecule has 4 heteroatoms. The van der Waals surface area contributed by atoms with Crippen molar-refractivity contribution in [3.05, 3.63) is 0 Å². The first-order chi connectivity index (χ1) is 7.61. The summed E-state index contributed by atoms with van der Waals surface area (Å²) in [6.45, 7) is 5.43. The molecule has 2 rings (SSSR count). The zero-order valence-corrected chi connectivity index (χ0v) is 10.1. The smallest absolute Gasteiger partial charge is 0.224 e. The van der Waals surface area contributed by atoms with Gasteiger partial charge in [0.1, 0.15) is 0 Å². The van der Waals surface area contributed by atoms with Crippen LogP contribution in [0.25, 0.3) is 0 Å². The fourth-order valence-corrected chi connectivity index (χ4v) is 2.77. The van der Waals surface area contributed by atoms with Gasteiger partial charge in [0, 0.05) is 38.8 Å². The molecule has 92 valence electrons. The van der Waals surface area contributed by atoms with Gasteiger partial charge in [-0.15, -0.1) is 0 Å². The molecule has 1 unspecified atom stereocenters. The first-order valence-electron chi connectivity index (χ1n) is 6.22. The average molecular weight is 226 g/mol. The molecule has 1 spiro atoms. The number of hydrogen-bond acceptors (Lipinski definition) is 3. The number of amides is 1. The largest absolute Gasteiger partial charge is 0.381 e. The van der Waals surface area contributed by atoms with Crippen molar-refractivity contribution in [2.75, 3.05) is 26.3 Å². The maximum atomic E-state index is 11.9. The lowest BCUT2D eigenvalue weighted by atomic mass is 9.80. The fraction of sp³-hybridized carbons (Fsp3) is 0.917. The van der Waals surface area contributed by atoms with E-state index in [-0.39, 0.29) is 11.9 Å². The lowest BCUT2D eigenvalue weighted by molar-refractivity contribution is -0.131. The summed E-state index contributed by atoms with van der Waals surface area (Å²) in [5.74, 6) is 0.221. The third kappa shape index (κ3) is 2.55. The molecular weight excluding hydrogens is 204 g/mol. The van der Waals surface area contributed by atoms with E-state index >= 15 is 0 Å². The highest BCUT2D eigenvalue weighted by molar-refractivity contribution is 5.77. The van der Waals surface area contributed by atoms with Gasteiger partial charge in [-0.3, -0.25) is 4.79 Å². The number of nitrogens with zero attached hydrogens (tertiary/aromatic N) is 1. The number of ether oxygens (including phenoxy) is 1. The topological polar surface area (TPSA) is 55.6 Å². The van der Waals surface area contributed by atoms with Crippen molar-refractivity contribution in [2.45, 2.75) is 38.6 Å². The Hall–Kier alpha value is -0.610. The molecule has 0 aromatic heterocycles. The molecule has 2 fully saturated rings. The van der Waals surface area contributed by atoms with E-state index in [1.54, 1.807) is 0 Å². The van der Waals surface area contributed by atoms with Crippen molar-refractivity contribution in [3.63, 3.8) is 0 Å². The van der Waals surface area contributed by atoms with Crippen LogP contribution in [0.4, 0.5) is 0 Å². The van der Waals surface area contributed by atoms with E-state index in [0.717, 1.165) is 45.6 Å². The van der Waals surface area contributed by atoms with Crippen molar-refractivity contribution in [1.29, 1.82) is 0 Å². The van der Waals surface area contributed by atoms with E-state index in [0.29, 0.717) is 11.8 Å². The van der Waals surface area contributed by atoms with E-state index in [4.69, 9.17) is 10.5 Å². The Kier molecular flexibility index (Phi) is 3.50. The monoisotopic (exact) mass is 226 g/mol. The molecule has 0 aromatic rings. The Morgan fingerprint density at radius 3 is 2.75 bits per heavy atom. The summed E-state index contributed by atoms with van der Waals surface area (Å²) in [7, 11) is 0. The highest BCUT2D eigenvalue weighted by atomic mass is 16.5. The molecule has 0 saturated carbocycles. The Balaban J connectivity index is 1.89. The van der Waals surface area contributed by atoms with Gasteiger partial charge in [0.25, 0.3) is 0 Å². The third-order valence-corrected chi connectivity index (χ3v) is 3.84. The molecule has 2 aliphatic heterocycles. The summed E-state index contributed by atoms with van der Waals surface area (Å²) < 4.78 is 5.39. The Bertz CT molecular complexity index is 260. The van der Waals surface area contributed by atoms with Crippen LogP contribution in [0.3, 0.4) is 0 Å². The second-order valence-corrected chi connectivity index (χ2v) is 5.36. The number of hydrogen-bond donors (Lipinski definition) is 1. The first-order valence-corrected chi connectivity index (χ1v) is 6.22. The van der Waals surface area contributed by atoms with Crippen LogP contribution in [-0.2, 0) is 9.53 Å². The van der Waals surface area contributed by atoms with Gasteiger partial charge in [0.15, 0.2) is 0 Å². The molecular formula is C12H22N2O2. The number of rotatable bonds is 2. The molecule has 16 heavy (non-hydrogen) atoms. The van der Waals surface area contributed by atoms with E-state index < -0.39 is 0 Å². The zero-order chi connectivity index (χ0) is 11.6. The van der Waals surface area contributed by atoms with Crippen LogP contribution >= 0.6 is 0 Å². The molecule has 0 aromatic carbocycles. The normalized spacial score (nSPS) is 26.0. The van der Waals surface area contributed by atoms with Crippen molar-refractivity contribution >= 4 is 5.91 Å². The summed E-state index contributed by atoms with van der Waals surface area (Å²) in [6, 6.07) is -0.0289. The average Bonchev–Trinajstić information content (AvgIpc) is 2.62. The third-order valence-electron chi connectivity index (χ3n) is 3.84. The van der Waals surface area contributed by atoms with Gasteiger partial charge in [-0.05, 0) is 31.6 Å². The molecule has 2 N–H and O–H groups in total. The fourth-order valence-electron chi connectivity index (χ4n) is 2.77. The Labute approximate surface area is 97.1 Å². The molecule has 1 atom stereocenters. The molecule has 2 aliphatic rings. The SMILES string of the molecule is CC(N)CC(=O)N1CCC2(CCOCC2)C1. The van der Waals surface area contributed by atoms with Crippen molar-refractivity contribution in [1.82, 2.24) is 4.90 Å². The number of carbonyl (C=O) groups excluding carboxylic acids is 1. The molecule has 0 bridgehead atoms. The van der Waals surface area contributed by atoms with E-state index in [9.17, 15) is 4.79 Å². The van der Waals surface area contributed by atoms with Gasteiger partial charge in [0.2, 0.25) is 5.91 Å². The molecule has 4 nitrogen and oxygen atoms in total. The highest BCUT2D eigenvalue weighted by Gasteiger charge is 2.40. The summed E-state index contributed by atoms with van der Waals surface area (Å²) in [5, 5.41) is 0. The Morgan fingerprint density at radius 1 is 1.44 bits per heavy atom. The highest BCUT2D eigenvalue weighted by Crippen LogP contribution is 2.39. The van der Waals surface area contributed by atoms with E-state index in [1.807, 2.05) is 11.8 Å². The van der Waals surface area contributed by atoms with Crippen LogP contribution in [0.2, 0.25) is 0 Å². The minimum atomic E-state index is -0.0289. The van der Waals surface area contributed by atoms with E-state index in [1.165, 1.54) is 0 Å². The summed E-state index contributed by atoms with van der Waals surface area (Å²) in [6.07, 6.45) is 3.83. The molecule has 0 radical (unpaired) electrons.